The van der Waals surface area contributed by atoms with Crippen LogP contribution >= 0.6 is 11.8 Å². The Bertz CT molecular complexity index is 1090. The minimum absolute atomic E-state index is 0.131. The number of hydrogen-bond donors (Lipinski definition) is 2. The average Bonchev–Trinajstić information content (AvgIpc) is 2.68. The standard InChI is InChI=1S/C22H22N2O3S2/c1-16-6-10-20(11-7-16)28-15-22(25)23-18-8-12-21(13-9-18)29(26,27)24-19-5-3-4-17(2)14-19/h3-14,24H,15H2,1-2H3,(H,23,25). The van der Waals surface area contributed by atoms with Crippen molar-refractivity contribution in [2.45, 2.75) is 23.6 Å². The van der Waals surface area contributed by atoms with Crippen LogP contribution in [-0.4, -0.2) is 20.1 Å². The lowest BCUT2D eigenvalue weighted by Crippen LogP contribution is -2.15. The van der Waals surface area contributed by atoms with E-state index in [-0.39, 0.29) is 16.6 Å². The molecule has 0 spiro atoms. The summed E-state index contributed by atoms with van der Waals surface area (Å²) in [5, 5.41) is 2.78. The number of carbonyl (C=O) groups excluding carboxylic acids is 1. The Kier molecular flexibility index (Phi) is 6.61. The zero-order valence-electron chi connectivity index (χ0n) is 16.2. The molecule has 0 heterocycles. The summed E-state index contributed by atoms with van der Waals surface area (Å²) in [7, 11) is -3.69. The van der Waals surface area contributed by atoms with E-state index < -0.39 is 10.0 Å². The lowest BCUT2D eigenvalue weighted by molar-refractivity contribution is -0.113. The first-order chi connectivity index (χ1) is 13.8. The van der Waals surface area contributed by atoms with Gasteiger partial charge < -0.3 is 5.32 Å². The van der Waals surface area contributed by atoms with E-state index in [0.29, 0.717) is 11.4 Å². The number of amides is 1. The molecule has 0 radical (unpaired) electrons. The molecule has 3 aromatic rings. The molecule has 0 aliphatic rings. The van der Waals surface area contributed by atoms with Crippen molar-refractivity contribution in [3.63, 3.8) is 0 Å². The number of aryl methyl sites for hydroxylation is 2. The van der Waals surface area contributed by atoms with Crippen LogP contribution in [0.2, 0.25) is 0 Å². The molecule has 150 valence electrons. The Morgan fingerprint density at radius 2 is 1.55 bits per heavy atom. The zero-order chi connectivity index (χ0) is 20.9. The molecule has 1 amide bonds. The van der Waals surface area contributed by atoms with Crippen molar-refractivity contribution in [2.75, 3.05) is 15.8 Å². The third-order valence-electron chi connectivity index (χ3n) is 4.11. The number of benzene rings is 3. The first-order valence-electron chi connectivity index (χ1n) is 9.01. The van der Waals surface area contributed by atoms with Crippen LogP contribution in [0, 0.1) is 13.8 Å². The summed E-state index contributed by atoms with van der Waals surface area (Å²) in [6, 6.07) is 21.2. The normalized spacial score (nSPS) is 11.1. The van der Waals surface area contributed by atoms with E-state index >= 15 is 0 Å². The van der Waals surface area contributed by atoms with Gasteiger partial charge in [-0.1, -0.05) is 29.8 Å². The van der Waals surface area contributed by atoms with Crippen LogP contribution in [0.25, 0.3) is 0 Å². The average molecular weight is 427 g/mol. The molecular weight excluding hydrogens is 404 g/mol. The van der Waals surface area contributed by atoms with Crippen molar-refractivity contribution in [3.05, 3.63) is 83.9 Å². The highest BCUT2D eigenvalue weighted by Gasteiger charge is 2.14. The summed E-state index contributed by atoms with van der Waals surface area (Å²) in [6.45, 7) is 3.91. The second-order valence-electron chi connectivity index (χ2n) is 6.65. The number of anilines is 2. The first kappa shape index (κ1) is 21.0. The number of rotatable bonds is 7. The SMILES string of the molecule is Cc1ccc(SCC(=O)Nc2ccc(S(=O)(=O)Nc3cccc(C)c3)cc2)cc1. The summed E-state index contributed by atoms with van der Waals surface area (Å²) in [5.74, 6) is 0.127. The monoisotopic (exact) mass is 426 g/mol. The summed E-state index contributed by atoms with van der Waals surface area (Å²) < 4.78 is 27.6. The van der Waals surface area contributed by atoms with Crippen LogP contribution in [0.3, 0.4) is 0 Å². The van der Waals surface area contributed by atoms with Gasteiger partial charge in [-0.25, -0.2) is 8.42 Å². The van der Waals surface area contributed by atoms with Crippen molar-refractivity contribution in [2.24, 2.45) is 0 Å². The molecule has 7 heteroatoms. The van der Waals surface area contributed by atoms with Crippen molar-refractivity contribution >= 4 is 39.1 Å². The molecule has 0 aliphatic heterocycles. The van der Waals surface area contributed by atoms with E-state index in [1.807, 2.05) is 44.2 Å². The Morgan fingerprint density at radius 1 is 0.862 bits per heavy atom. The highest BCUT2D eigenvalue weighted by atomic mass is 32.2. The van der Waals surface area contributed by atoms with Gasteiger partial charge in [-0.05, 0) is 67.9 Å². The van der Waals surface area contributed by atoms with Gasteiger partial charge in [0.05, 0.1) is 10.6 Å². The first-order valence-corrected chi connectivity index (χ1v) is 11.5. The molecule has 0 aliphatic carbocycles. The van der Waals surface area contributed by atoms with E-state index in [1.54, 1.807) is 30.3 Å². The third kappa shape index (κ3) is 6.10. The van der Waals surface area contributed by atoms with E-state index in [2.05, 4.69) is 10.0 Å². The molecule has 0 unspecified atom stereocenters. The lowest BCUT2D eigenvalue weighted by Gasteiger charge is -2.10. The molecule has 3 rings (SSSR count). The summed E-state index contributed by atoms with van der Waals surface area (Å²) in [5.41, 5.74) is 3.20. The predicted octanol–water partition coefficient (Wildman–Crippen LogP) is 4.84. The molecule has 0 saturated carbocycles. The Hall–Kier alpha value is -2.77. The van der Waals surface area contributed by atoms with Gasteiger partial charge in [-0.15, -0.1) is 11.8 Å². The predicted molar refractivity (Wildman–Crippen MR) is 119 cm³/mol. The van der Waals surface area contributed by atoms with E-state index in [9.17, 15) is 13.2 Å². The zero-order valence-corrected chi connectivity index (χ0v) is 17.8. The number of thioether (sulfide) groups is 1. The van der Waals surface area contributed by atoms with Gasteiger partial charge in [0.1, 0.15) is 0 Å². The van der Waals surface area contributed by atoms with Crippen LogP contribution in [-0.2, 0) is 14.8 Å². The highest BCUT2D eigenvalue weighted by molar-refractivity contribution is 8.00. The van der Waals surface area contributed by atoms with E-state index in [0.717, 1.165) is 10.5 Å². The fraction of sp³-hybridized carbons (Fsp3) is 0.136. The van der Waals surface area contributed by atoms with E-state index in [4.69, 9.17) is 0 Å². The smallest absolute Gasteiger partial charge is 0.261 e. The fourth-order valence-corrected chi connectivity index (χ4v) is 4.37. The quantitative estimate of drug-likeness (QED) is 0.531. The highest BCUT2D eigenvalue weighted by Crippen LogP contribution is 2.21. The second-order valence-corrected chi connectivity index (χ2v) is 9.38. The van der Waals surface area contributed by atoms with Gasteiger partial charge in [0, 0.05) is 16.3 Å². The number of carbonyl (C=O) groups is 1. The summed E-state index contributed by atoms with van der Waals surface area (Å²) >= 11 is 1.45. The fourth-order valence-electron chi connectivity index (χ4n) is 2.62. The lowest BCUT2D eigenvalue weighted by atomic mass is 10.2. The van der Waals surface area contributed by atoms with Gasteiger partial charge in [-0.3, -0.25) is 9.52 Å². The molecule has 29 heavy (non-hydrogen) atoms. The number of hydrogen-bond acceptors (Lipinski definition) is 4. The van der Waals surface area contributed by atoms with Crippen LogP contribution in [0.5, 0.6) is 0 Å². The molecule has 0 bridgehead atoms. The van der Waals surface area contributed by atoms with Gasteiger partial charge in [0.15, 0.2) is 0 Å². The Morgan fingerprint density at radius 3 is 2.21 bits per heavy atom. The van der Waals surface area contributed by atoms with E-state index in [1.165, 1.54) is 29.5 Å². The van der Waals surface area contributed by atoms with Gasteiger partial charge in [0.2, 0.25) is 5.91 Å². The summed E-state index contributed by atoms with van der Waals surface area (Å²) in [4.78, 5) is 13.3. The van der Waals surface area contributed by atoms with Crippen molar-refractivity contribution in [1.82, 2.24) is 0 Å². The van der Waals surface area contributed by atoms with Gasteiger partial charge >= 0.3 is 0 Å². The van der Waals surface area contributed by atoms with Crippen LogP contribution < -0.4 is 10.0 Å². The Balaban J connectivity index is 1.58. The number of nitrogens with one attached hydrogen (secondary N) is 2. The molecule has 0 atom stereocenters. The maximum atomic E-state index is 12.5. The maximum absolute atomic E-state index is 12.5. The summed E-state index contributed by atoms with van der Waals surface area (Å²) in [6.07, 6.45) is 0. The molecule has 5 nitrogen and oxygen atoms in total. The topological polar surface area (TPSA) is 75.3 Å². The molecule has 0 fully saturated rings. The van der Waals surface area contributed by atoms with Crippen molar-refractivity contribution < 1.29 is 13.2 Å². The molecule has 0 saturated heterocycles. The second kappa shape index (κ2) is 9.15. The minimum Gasteiger partial charge on any atom is -0.325 e. The number of sulfonamides is 1. The third-order valence-corrected chi connectivity index (χ3v) is 6.52. The maximum Gasteiger partial charge on any atom is 0.261 e. The molecule has 0 aromatic heterocycles. The molecular formula is C22H22N2O3S2. The molecule has 2 N–H and O–H groups in total. The minimum atomic E-state index is -3.69. The van der Waals surface area contributed by atoms with Crippen LogP contribution in [0.1, 0.15) is 11.1 Å². The van der Waals surface area contributed by atoms with Crippen LogP contribution in [0.4, 0.5) is 11.4 Å². The molecule has 3 aromatic carbocycles. The largest absolute Gasteiger partial charge is 0.325 e. The van der Waals surface area contributed by atoms with Crippen molar-refractivity contribution in [1.29, 1.82) is 0 Å². The van der Waals surface area contributed by atoms with Crippen LogP contribution in [0.15, 0.2) is 82.6 Å². The van der Waals surface area contributed by atoms with Crippen molar-refractivity contribution in [3.8, 4) is 0 Å². The Labute approximate surface area is 175 Å². The van der Waals surface area contributed by atoms with Gasteiger partial charge in [-0.2, -0.15) is 0 Å². The van der Waals surface area contributed by atoms with Gasteiger partial charge in [0.25, 0.3) is 10.0 Å².